The molecule has 5 heteroatoms. The van der Waals surface area contributed by atoms with Gasteiger partial charge < -0.3 is 17.4 Å². The standard InChI is InChI=1S/C4H6N2O.2H3N/c1-6-4(7)2-3-5-6;;/h2-3,5H,1H3;2*1H3. The third-order valence-electron chi connectivity index (χ3n) is 0.825. The van der Waals surface area contributed by atoms with Crippen LogP contribution in [0.2, 0.25) is 0 Å². The third-order valence-corrected chi connectivity index (χ3v) is 0.825. The van der Waals surface area contributed by atoms with Crippen molar-refractivity contribution in [2.75, 3.05) is 0 Å². The van der Waals surface area contributed by atoms with Crippen LogP contribution in [0.5, 0.6) is 0 Å². The Bertz CT molecular complexity index is 200. The second-order valence-electron chi connectivity index (χ2n) is 1.36. The van der Waals surface area contributed by atoms with Gasteiger partial charge in [0.25, 0.3) is 5.56 Å². The maximum absolute atomic E-state index is 10.4. The van der Waals surface area contributed by atoms with E-state index in [-0.39, 0.29) is 17.9 Å². The van der Waals surface area contributed by atoms with Crippen molar-refractivity contribution in [3.8, 4) is 0 Å². The summed E-state index contributed by atoms with van der Waals surface area (Å²) < 4.78 is 1.40. The summed E-state index contributed by atoms with van der Waals surface area (Å²) >= 11 is 0. The zero-order valence-corrected chi connectivity index (χ0v) is 5.42. The smallest absolute Gasteiger partial charge is 0.266 e. The normalized spacial score (nSPS) is 7.22. The van der Waals surface area contributed by atoms with Crippen LogP contribution < -0.4 is 17.9 Å². The average Bonchev–Trinajstić information content (AvgIpc) is 1.91. The van der Waals surface area contributed by atoms with Gasteiger partial charge in [-0.15, -0.1) is 0 Å². The van der Waals surface area contributed by atoms with Crippen molar-refractivity contribution in [2.24, 2.45) is 7.05 Å². The van der Waals surface area contributed by atoms with Gasteiger partial charge in [-0.3, -0.25) is 9.48 Å². The van der Waals surface area contributed by atoms with Gasteiger partial charge in [0.2, 0.25) is 0 Å². The Morgan fingerprint density at radius 2 is 2.11 bits per heavy atom. The highest BCUT2D eigenvalue weighted by Gasteiger charge is 1.80. The fourth-order valence-electron chi connectivity index (χ4n) is 0.396. The molecule has 0 aromatic carbocycles. The van der Waals surface area contributed by atoms with Crippen LogP contribution in [0.4, 0.5) is 0 Å². The molecule has 0 aliphatic rings. The number of rotatable bonds is 0. The summed E-state index contributed by atoms with van der Waals surface area (Å²) in [7, 11) is 1.67. The van der Waals surface area contributed by atoms with Crippen molar-refractivity contribution in [2.45, 2.75) is 0 Å². The van der Waals surface area contributed by atoms with Crippen LogP contribution in [0, 0.1) is 0 Å². The molecule has 7 N–H and O–H groups in total. The van der Waals surface area contributed by atoms with Crippen LogP contribution in [0.15, 0.2) is 17.1 Å². The first-order chi connectivity index (χ1) is 3.30. The topological polar surface area (TPSA) is 108 Å². The number of aryl methyl sites for hydroxylation is 1. The Hall–Kier alpha value is -1.07. The van der Waals surface area contributed by atoms with Gasteiger partial charge in [-0.05, 0) is 0 Å². The summed E-state index contributed by atoms with van der Waals surface area (Å²) in [6.07, 6.45) is 1.60. The van der Waals surface area contributed by atoms with E-state index in [2.05, 4.69) is 5.10 Å². The molecule has 0 radical (unpaired) electrons. The molecule has 0 aliphatic carbocycles. The number of nitrogens with zero attached hydrogens (tertiary/aromatic N) is 1. The van der Waals surface area contributed by atoms with Crippen molar-refractivity contribution in [1.82, 2.24) is 22.1 Å². The van der Waals surface area contributed by atoms with Crippen LogP contribution in [0.3, 0.4) is 0 Å². The van der Waals surface area contributed by atoms with Crippen LogP contribution in [-0.4, -0.2) is 9.78 Å². The highest BCUT2D eigenvalue weighted by molar-refractivity contribution is 4.78. The van der Waals surface area contributed by atoms with Crippen molar-refractivity contribution >= 4 is 0 Å². The molecule has 54 valence electrons. The van der Waals surface area contributed by atoms with Gasteiger partial charge in [-0.25, -0.2) is 0 Å². The number of nitrogens with one attached hydrogen (secondary N) is 1. The van der Waals surface area contributed by atoms with E-state index in [0.717, 1.165) is 0 Å². The van der Waals surface area contributed by atoms with Crippen molar-refractivity contribution in [3.63, 3.8) is 0 Å². The molecule has 0 aliphatic heterocycles. The van der Waals surface area contributed by atoms with Gasteiger partial charge >= 0.3 is 0 Å². The Balaban J connectivity index is 0. The summed E-state index contributed by atoms with van der Waals surface area (Å²) in [5.74, 6) is 0. The van der Waals surface area contributed by atoms with Gasteiger partial charge in [0.1, 0.15) is 0 Å². The minimum Gasteiger partial charge on any atom is -0.344 e. The largest absolute Gasteiger partial charge is 0.344 e. The lowest BCUT2D eigenvalue weighted by Gasteiger charge is -1.79. The van der Waals surface area contributed by atoms with E-state index in [0.29, 0.717) is 0 Å². The maximum atomic E-state index is 10.4. The Morgan fingerprint density at radius 1 is 1.56 bits per heavy atom. The van der Waals surface area contributed by atoms with E-state index in [4.69, 9.17) is 0 Å². The lowest BCUT2D eigenvalue weighted by Crippen LogP contribution is -2.09. The molecule has 1 aromatic heterocycles. The molecule has 0 saturated carbocycles. The first-order valence-electron chi connectivity index (χ1n) is 2.01. The maximum Gasteiger partial charge on any atom is 0.266 e. The van der Waals surface area contributed by atoms with Crippen LogP contribution in [-0.2, 0) is 7.05 Å². The monoisotopic (exact) mass is 132 g/mol. The van der Waals surface area contributed by atoms with Gasteiger partial charge in [-0.2, -0.15) is 0 Å². The van der Waals surface area contributed by atoms with E-state index in [1.165, 1.54) is 10.7 Å². The quantitative estimate of drug-likeness (QED) is 0.463. The third kappa shape index (κ3) is 2.11. The molecular formula is C4H12N4O. The number of hydrogen-bond donors (Lipinski definition) is 3. The second-order valence-corrected chi connectivity index (χ2v) is 1.36. The van der Waals surface area contributed by atoms with Crippen LogP contribution in [0.25, 0.3) is 0 Å². The van der Waals surface area contributed by atoms with Crippen molar-refractivity contribution in [3.05, 3.63) is 22.6 Å². The number of hydrogen-bond acceptors (Lipinski definition) is 3. The predicted octanol–water partition coefficient (Wildman–Crippen LogP) is 0.0374. The molecule has 9 heavy (non-hydrogen) atoms. The fourth-order valence-corrected chi connectivity index (χ4v) is 0.396. The number of aromatic nitrogens is 2. The molecule has 0 spiro atoms. The molecule has 0 unspecified atom stereocenters. The summed E-state index contributed by atoms with van der Waals surface area (Å²) in [6, 6.07) is 1.47. The molecule has 0 atom stereocenters. The van der Waals surface area contributed by atoms with Gasteiger partial charge in [0, 0.05) is 19.3 Å². The van der Waals surface area contributed by atoms with E-state index in [1.54, 1.807) is 13.2 Å². The van der Waals surface area contributed by atoms with Gasteiger partial charge in [0.05, 0.1) is 0 Å². The van der Waals surface area contributed by atoms with Crippen molar-refractivity contribution < 1.29 is 0 Å². The van der Waals surface area contributed by atoms with E-state index in [9.17, 15) is 4.79 Å². The zero-order chi connectivity index (χ0) is 5.28. The Kier molecular flexibility index (Phi) is 4.66. The second kappa shape index (κ2) is 3.88. The van der Waals surface area contributed by atoms with Crippen LogP contribution in [0.1, 0.15) is 0 Å². The summed E-state index contributed by atoms with van der Waals surface area (Å²) in [5.41, 5.74) is 0.000000000000000222. The SMILES string of the molecule is Cn1[nH]ccc1=O.N.N. The Labute approximate surface area is 52.8 Å². The summed E-state index contributed by atoms with van der Waals surface area (Å²) in [6.45, 7) is 0. The minimum atomic E-state index is 0. The first-order valence-corrected chi connectivity index (χ1v) is 2.01. The molecule has 0 amide bonds. The van der Waals surface area contributed by atoms with Gasteiger partial charge in [-0.1, -0.05) is 0 Å². The summed E-state index contributed by atoms with van der Waals surface area (Å²) in [5, 5.41) is 2.67. The molecule has 1 heterocycles. The molecule has 1 aromatic rings. The zero-order valence-electron chi connectivity index (χ0n) is 5.42. The highest BCUT2D eigenvalue weighted by atomic mass is 16.1. The Morgan fingerprint density at radius 3 is 2.22 bits per heavy atom. The number of aromatic amines is 1. The van der Waals surface area contributed by atoms with E-state index in [1.807, 2.05) is 0 Å². The average molecular weight is 132 g/mol. The molecule has 0 saturated heterocycles. The fraction of sp³-hybridized carbons (Fsp3) is 0.250. The molecule has 0 bridgehead atoms. The predicted molar refractivity (Wildman–Crippen MR) is 36.1 cm³/mol. The van der Waals surface area contributed by atoms with Crippen LogP contribution >= 0.6 is 0 Å². The lowest BCUT2D eigenvalue weighted by atomic mass is 10.7. The lowest BCUT2D eigenvalue weighted by molar-refractivity contribution is 0.740. The number of H-pyrrole nitrogens is 1. The molecular weight excluding hydrogens is 120 g/mol. The summed E-state index contributed by atoms with van der Waals surface area (Å²) in [4.78, 5) is 10.4. The molecule has 5 nitrogen and oxygen atoms in total. The van der Waals surface area contributed by atoms with Gasteiger partial charge in [0.15, 0.2) is 0 Å². The van der Waals surface area contributed by atoms with E-state index >= 15 is 0 Å². The van der Waals surface area contributed by atoms with E-state index < -0.39 is 0 Å². The first kappa shape index (κ1) is 10.8. The van der Waals surface area contributed by atoms with Crippen molar-refractivity contribution in [1.29, 1.82) is 0 Å². The molecule has 0 fully saturated rings. The highest BCUT2D eigenvalue weighted by Crippen LogP contribution is 1.62. The minimum absolute atomic E-state index is 0. The molecule has 1 rings (SSSR count).